The third-order valence-corrected chi connectivity index (χ3v) is 2.90. The Morgan fingerprint density at radius 2 is 2.29 bits per heavy atom. The number of hydrogen-bond acceptors (Lipinski definition) is 3. The van der Waals surface area contributed by atoms with Crippen LogP contribution in [0.1, 0.15) is 11.7 Å². The van der Waals surface area contributed by atoms with Gasteiger partial charge in [-0.25, -0.2) is 4.79 Å². The molecule has 92 valence electrons. The second-order valence-corrected chi connectivity index (χ2v) is 4.13. The van der Waals surface area contributed by atoms with E-state index in [1.807, 2.05) is 24.3 Å². The zero-order valence-corrected chi connectivity index (χ0v) is 10.3. The van der Waals surface area contributed by atoms with Gasteiger partial charge in [0.05, 0.1) is 13.7 Å². The summed E-state index contributed by atoms with van der Waals surface area (Å²) in [7, 11) is 1.60. The number of halogens is 1. The standard InChI is InChI=1S/C12H14ClNO3/c1-16-10-5-3-2-4-9(10)11-8-14(7-6-13)12(15)17-11/h2-5,11H,6-8H2,1H3. The van der Waals surface area contributed by atoms with Gasteiger partial charge in [0.15, 0.2) is 0 Å². The zero-order chi connectivity index (χ0) is 12.3. The predicted octanol–water partition coefficient (Wildman–Crippen LogP) is 2.43. The third-order valence-electron chi connectivity index (χ3n) is 2.73. The second-order valence-electron chi connectivity index (χ2n) is 3.75. The Hall–Kier alpha value is -1.42. The number of amides is 1. The minimum atomic E-state index is -0.318. The Kier molecular flexibility index (Phi) is 3.74. The molecule has 1 aliphatic rings. The van der Waals surface area contributed by atoms with Gasteiger partial charge in [-0.1, -0.05) is 18.2 Å². The van der Waals surface area contributed by atoms with Crippen molar-refractivity contribution in [2.75, 3.05) is 26.1 Å². The summed E-state index contributed by atoms with van der Waals surface area (Å²) in [6, 6.07) is 7.54. The van der Waals surface area contributed by atoms with Crippen LogP contribution < -0.4 is 4.74 Å². The molecule has 1 aromatic rings. The maximum atomic E-state index is 11.6. The van der Waals surface area contributed by atoms with Gasteiger partial charge >= 0.3 is 6.09 Å². The van der Waals surface area contributed by atoms with Crippen LogP contribution >= 0.6 is 11.6 Å². The highest BCUT2D eigenvalue weighted by Gasteiger charge is 2.33. The predicted molar refractivity (Wildman–Crippen MR) is 64.5 cm³/mol. The topological polar surface area (TPSA) is 38.8 Å². The van der Waals surface area contributed by atoms with E-state index in [0.717, 1.165) is 11.3 Å². The lowest BCUT2D eigenvalue weighted by Gasteiger charge is -2.13. The van der Waals surface area contributed by atoms with Gasteiger partial charge in [-0.3, -0.25) is 0 Å². The summed E-state index contributed by atoms with van der Waals surface area (Å²) in [4.78, 5) is 13.2. The van der Waals surface area contributed by atoms with Crippen LogP contribution in [0.4, 0.5) is 4.79 Å². The summed E-state index contributed by atoms with van der Waals surface area (Å²) >= 11 is 5.63. The number of carbonyl (C=O) groups is 1. The SMILES string of the molecule is COc1ccccc1C1CN(CCCl)C(=O)O1. The first kappa shape index (κ1) is 12.0. The maximum Gasteiger partial charge on any atom is 0.410 e. The molecule has 5 heteroatoms. The van der Waals surface area contributed by atoms with Crippen LogP contribution in [-0.2, 0) is 4.74 Å². The Balaban J connectivity index is 2.16. The minimum absolute atomic E-state index is 0.276. The first-order valence-corrected chi connectivity index (χ1v) is 5.94. The van der Waals surface area contributed by atoms with Crippen molar-refractivity contribution in [1.29, 1.82) is 0 Å². The number of nitrogens with zero attached hydrogens (tertiary/aromatic N) is 1. The van der Waals surface area contributed by atoms with Gasteiger partial charge in [0.25, 0.3) is 0 Å². The average molecular weight is 256 g/mol. The van der Waals surface area contributed by atoms with E-state index in [0.29, 0.717) is 19.0 Å². The third kappa shape index (κ3) is 2.47. The van der Waals surface area contributed by atoms with Crippen LogP contribution in [0, 0.1) is 0 Å². The van der Waals surface area contributed by atoms with Crippen molar-refractivity contribution in [1.82, 2.24) is 4.90 Å². The van der Waals surface area contributed by atoms with E-state index < -0.39 is 0 Å². The van der Waals surface area contributed by atoms with Crippen LogP contribution in [0.3, 0.4) is 0 Å². The summed E-state index contributed by atoms with van der Waals surface area (Å²) in [6.45, 7) is 1.03. The number of hydrogen-bond donors (Lipinski definition) is 0. The summed E-state index contributed by atoms with van der Waals surface area (Å²) in [5.41, 5.74) is 0.889. The number of ether oxygens (including phenoxy) is 2. The van der Waals surface area contributed by atoms with Crippen molar-refractivity contribution in [3.8, 4) is 5.75 Å². The highest BCUT2D eigenvalue weighted by Crippen LogP contribution is 2.32. The summed E-state index contributed by atoms with van der Waals surface area (Å²) in [6.07, 6.45) is -0.594. The molecule has 0 radical (unpaired) electrons. The average Bonchev–Trinajstić information content (AvgIpc) is 2.71. The molecule has 1 saturated heterocycles. The molecule has 0 N–H and O–H groups in total. The molecule has 1 aromatic carbocycles. The van der Waals surface area contributed by atoms with Crippen LogP contribution in [-0.4, -0.2) is 37.1 Å². The van der Waals surface area contributed by atoms with E-state index in [1.165, 1.54) is 0 Å². The molecule has 17 heavy (non-hydrogen) atoms. The zero-order valence-electron chi connectivity index (χ0n) is 9.56. The van der Waals surface area contributed by atoms with Crippen molar-refractivity contribution in [2.24, 2.45) is 0 Å². The Morgan fingerprint density at radius 1 is 1.53 bits per heavy atom. The van der Waals surface area contributed by atoms with Crippen LogP contribution in [0.15, 0.2) is 24.3 Å². The van der Waals surface area contributed by atoms with E-state index in [9.17, 15) is 4.79 Å². The molecule has 0 spiro atoms. The van der Waals surface area contributed by atoms with E-state index in [-0.39, 0.29) is 12.2 Å². The summed E-state index contributed by atoms with van der Waals surface area (Å²) < 4.78 is 10.6. The number of carbonyl (C=O) groups excluding carboxylic acids is 1. The lowest BCUT2D eigenvalue weighted by molar-refractivity contribution is 0.132. The number of alkyl halides is 1. The van der Waals surface area contributed by atoms with Gasteiger partial charge in [0, 0.05) is 18.0 Å². The van der Waals surface area contributed by atoms with Crippen molar-refractivity contribution in [3.63, 3.8) is 0 Å². The van der Waals surface area contributed by atoms with E-state index in [1.54, 1.807) is 12.0 Å². The number of benzene rings is 1. The molecule has 1 heterocycles. The molecule has 1 unspecified atom stereocenters. The highest BCUT2D eigenvalue weighted by atomic mass is 35.5. The molecule has 0 bridgehead atoms. The lowest BCUT2D eigenvalue weighted by Crippen LogP contribution is -2.26. The van der Waals surface area contributed by atoms with Gasteiger partial charge < -0.3 is 14.4 Å². The molecule has 1 amide bonds. The molecular formula is C12H14ClNO3. The number of rotatable bonds is 4. The minimum Gasteiger partial charge on any atom is -0.496 e. The van der Waals surface area contributed by atoms with E-state index in [4.69, 9.17) is 21.1 Å². The Bertz CT molecular complexity index is 410. The monoisotopic (exact) mass is 255 g/mol. The fourth-order valence-electron chi connectivity index (χ4n) is 1.89. The molecule has 1 atom stereocenters. The molecule has 0 aromatic heterocycles. The lowest BCUT2D eigenvalue weighted by atomic mass is 10.1. The number of para-hydroxylation sites is 1. The van der Waals surface area contributed by atoms with Crippen molar-refractivity contribution >= 4 is 17.7 Å². The quantitative estimate of drug-likeness (QED) is 0.776. The summed E-state index contributed by atoms with van der Waals surface area (Å²) in [5.74, 6) is 1.14. The fraction of sp³-hybridized carbons (Fsp3) is 0.417. The van der Waals surface area contributed by atoms with Crippen LogP contribution in [0.5, 0.6) is 5.75 Å². The molecule has 2 rings (SSSR count). The van der Waals surface area contributed by atoms with Crippen molar-refractivity contribution in [2.45, 2.75) is 6.10 Å². The Morgan fingerprint density at radius 3 is 3.00 bits per heavy atom. The fourth-order valence-corrected chi connectivity index (χ4v) is 2.09. The summed E-state index contributed by atoms with van der Waals surface area (Å²) in [5, 5.41) is 0. The van der Waals surface area contributed by atoms with Gasteiger partial charge in [-0.15, -0.1) is 11.6 Å². The van der Waals surface area contributed by atoms with Crippen molar-refractivity contribution < 1.29 is 14.3 Å². The second kappa shape index (κ2) is 5.27. The van der Waals surface area contributed by atoms with Crippen LogP contribution in [0.25, 0.3) is 0 Å². The molecule has 0 aliphatic carbocycles. The van der Waals surface area contributed by atoms with Gasteiger partial charge in [-0.2, -0.15) is 0 Å². The molecule has 4 nitrogen and oxygen atoms in total. The maximum absolute atomic E-state index is 11.6. The molecule has 1 aliphatic heterocycles. The number of methoxy groups -OCH3 is 1. The first-order chi connectivity index (χ1) is 8.26. The van der Waals surface area contributed by atoms with Crippen molar-refractivity contribution in [3.05, 3.63) is 29.8 Å². The van der Waals surface area contributed by atoms with Gasteiger partial charge in [-0.05, 0) is 6.07 Å². The van der Waals surface area contributed by atoms with E-state index >= 15 is 0 Å². The largest absolute Gasteiger partial charge is 0.496 e. The molecular weight excluding hydrogens is 242 g/mol. The smallest absolute Gasteiger partial charge is 0.410 e. The normalized spacial score (nSPS) is 19.3. The number of cyclic esters (lactones) is 1. The highest BCUT2D eigenvalue weighted by molar-refractivity contribution is 6.18. The van der Waals surface area contributed by atoms with E-state index in [2.05, 4.69) is 0 Å². The first-order valence-electron chi connectivity index (χ1n) is 5.40. The van der Waals surface area contributed by atoms with Crippen LogP contribution in [0.2, 0.25) is 0 Å². The molecule has 1 fully saturated rings. The Labute approximate surface area is 105 Å². The van der Waals surface area contributed by atoms with Gasteiger partial charge in [0.2, 0.25) is 0 Å². The molecule has 0 saturated carbocycles. The van der Waals surface area contributed by atoms with Gasteiger partial charge in [0.1, 0.15) is 11.9 Å².